The third-order valence-electron chi connectivity index (χ3n) is 5.32. The molecule has 0 aliphatic heterocycles. The molecule has 10 nitrogen and oxygen atoms in total. The first-order valence-corrected chi connectivity index (χ1v) is 12.7. The molecule has 0 aliphatic carbocycles. The minimum absolute atomic E-state index is 0.00176. The second-order valence-corrected chi connectivity index (χ2v) is 11.5. The van der Waals surface area contributed by atoms with Gasteiger partial charge in [-0.3, -0.25) is 4.79 Å². The standard InChI is InChI=1S/C25H27ClFN5O5S/c1-25(2,3)38(36)30-19(17-12-15(27)8-11-18(17)26)20-21(28)29-22(32(20)24(34)35)23(33)31(4)13-14-6-9-16(37-5)10-7-14/h6-12H,13,28H2,1-5H3,(H,34,35). The number of carbonyl (C=O) groups excluding carboxylic acids is 1. The van der Waals surface area contributed by atoms with E-state index in [9.17, 15) is 23.6 Å². The molecule has 202 valence electrons. The highest BCUT2D eigenvalue weighted by Gasteiger charge is 2.34. The Balaban J connectivity index is 2.16. The number of carboxylic acid groups (broad SMARTS) is 1. The SMILES string of the molecule is COc1ccc(CN(C)C(=O)c2nc(N)c(C(=N[S+]([O-])C(C)(C)C)c3cc(F)ccc3Cl)n2C(=O)O)cc1. The Bertz CT molecular complexity index is 1390. The normalized spacial score (nSPS) is 12.8. The van der Waals surface area contributed by atoms with Gasteiger partial charge in [0, 0.05) is 19.2 Å². The number of rotatable bonds is 7. The number of methoxy groups -OCH3 is 1. The van der Waals surface area contributed by atoms with Crippen LogP contribution in [-0.4, -0.2) is 60.7 Å². The molecule has 3 rings (SSSR count). The summed E-state index contributed by atoms with van der Waals surface area (Å²) < 4.78 is 36.2. The number of carbonyl (C=O) groups is 2. The molecule has 0 aliphatic rings. The third-order valence-corrected chi connectivity index (χ3v) is 7.04. The van der Waals surface area contributed by atoms with Gasteiger partial charge in [-0.05, 0) is 56.7 Å². The van der Waals surface area contributed by atoms with Gasteiger partial charge in [0.1, 0.15) is 33.4 Å². The largest absolute Gasteiger partial charge is 0.591 e. The Morgan fingerprint density at radius 3 is 2.45 bits per heavy atom. The van der Waals surface area contributed by atoms with Gasteiger partial charge in [-0.25, -0.2) is 18.7 Å². The highest BCUT2D eigenvalue weighted by molar-refractivity contribution is 7.91. The van der Waals surface area contributed by atoms with Gasteiger partial charge in [-0.1, -0.05) is 28.1 Å². The summed E-state index contributed by atoms with van der Waals surface area (Å²) in [6.07, 6.45) is -1.60. The second kappa shape index (κ2) is 11.4. The van der Waals surface area contributed by atoms with E-state index in [2.05, 4.69) is 9.38 Å². The molecule has 3 aromatic rings. The topological polar surface area (TPSA) is 146 Å². The van der Waals surface area contributed by atoms with Crippen LogP contribution >= 0.6 is 11.6 Å². The average Bonchev–Trinajstić information content (AvgIpc) is 3.20. The lowest BCUT2D eigenvalue weighted by Crippen LogP contribution is -2.32. The quantitative estimate of drug-likeness (QED) is 0.320. The smallest absolute Gasteiger partial charge is 0.418 e. The van der Waals surface area contributed by atoms with Crippen LogP contribution in [0.4, 0.5) is 15.0 Å². The van der Waals surface area contributed by atoms with Gasteiger partial charge in [0.2, 0.25) is 5.82 Å². The van der Waals surface area contributed by atoms with Crippen molar-refractivity contribution in [3.8, 4) is 5.75 Å². The zero-order valence-electron chi connectivity index (χ0n) is 21.4. The van der Waals surface area contributed by atoms with E-state index >= 15 is 0 Å². The molecule has 0 radical (unpaired) electrons. The number of imidazole rings is 1. The van der Waals surface area contributed by atoms with Crippen LogP contribution in [0.25, 0.3) is 0 Å². The molecule has 1 aromatic heterocycles. The van der Waals surface area contributed by atoms with Crippen LogP contribution in [0.5, 0.6) is 5.75 Å². The van der Waals surface area contributed by atoms with E-state index in [1.54, 1.807) is 45.0 Å². The summed E-state index contributed by atoms with van der Waals surface area (Å²) in [4.78, 5) is 31.0. The molecule has 0 bridgehead atoms. The number of benzene rings is 2. The highest BCUT2D eigenvalue weighted by atomic mass is 35.5. The van der Waals surface area contributed by atoms with Crippen LogP contribution in [0.15, 0.2) is 46.9 Å². The van der Waals surface area contributed by atoms with Crippen molar-refractivity contribution in [2.24, 2.45) is 4.40 Å². The summed E-state index contributed by atoms with van der Waals surface area (Å²) in [5.74, 6) is -1.74. The first-order chi connectivity index (χ1) is 17.7. The third kappa shape index (κ3) is 6.26. The molecular formula is C25H27ClFN5O5S. The van der Waals surface area contributed by atoms with Crippen LogP contribution in [0.2, 0.25) is 5.02 Å². The lowest BCUT2D eigenvalue weighted by Gasteiger charge is -2.20. The molecule has 3 N–H and O–H groups in total. The van der Waals surface area contributed by atoms with E-state index in [1.807, 2.05) is 0 Å². The zero-order valence-corrected chi connectivity index (χ0v) is 22.9. The van der Waals surface area contributed by atoms with Crippen molar-refractivity contribution < 1.29 is 28.4 Å². The number of ether oxygens (including phenoxy) is 1. The lowest BCUT2D eigenvalue weighted by atomic mass is 10.1. The van der Waals surface area contributed by atoms with Crippen LogP contribution in [0, 0.1) is 5.82 Å². The average molecular weight is 564 g/mol. The number of hydrogen-bond acceptors (Lipinski definition) is 7. The maximum absolute atomic E-state index is 14.2. The monoisotopic (exact) mass is 563 g/mol. The lowest BCUT2D eigenvalue weighted by molar-refractivity contribution is 0.0767. The van der Waals surface area contributed by atoms with E-state index in [-0.39, 0.29) is 28.5 Å². The second-order valence-electron chi connectivity index (χ2n) is 9.22. The van der Waals surface area contributed by atoms with Crippen molar-refractivity contribution >= 4 is 46.5 Å². The zero-order chi connectivity index (χ0) is 28.4. The Labute approximate surface area is 227 Å². The Kier molecular flexibility index (Phi) is 8.70. The van der Waals surface area contributed by atoms with Crippen molar-refractivity contribution in [2.75, 3.05) is 19.9 Å². The van der Waals surface area contributed by atoms with Gasteiger partial charge in [-0.2, -0.15) is 0 Å². The molecule has 1 heterocycles. The number of aromatic nitrogens is 2. The van der Waals surface area contributed by atoms with Crippen molar-refractivity contribution in [3.05, 3.63) is 75.9 Å². The van der Waals surface area contributed by atoms with Crippen molar-refractivity contribution in [1.29, 1.82) is 0 Å². The van der Waals surface area contributed by atoms with E-state index in [1.165, 1.54) is 25.1 Å². The molecule has 0 fully saturated rings. The number of anilines is 1. The molecule has 0 saturated carbocycles. The Morgan fingerprint density at radius 1 is 1.26 bits per heavy atom. The van der Waals surface area contributed by atoms with Crippen LogP contribution in [0.1, 0.15) is 48.2 Å². The molecule has 38 heavy (non-hydrogen) atoms. The number of amides is 1. The summed E-state index contributed by atoms with van der Waals surface area (Å²) >= 11 is 4.37. The fourth-order valence-corrected chi connectivity index (χ4v) is 4.19. The molecule has 2 aromatic carbocycles. The van der Waals surface area contributed by atoms with Crippen molar-refractivity contribution in [3.63, 3.8) is 0 Å². The molecule has 1 amide bonds. The predicted molar refractivity (Wildman–Crippen MR) is 144 cm³/mol. The van der Waals surface area contributed by atoms with Crippen LogP contribution in [0.3, 0.4) is 0 Å². The molecular weight excluding hydrogens is 537 g/mol. The summed E-state index contributed by atoms with van der Waals surface area (Å²) in [7, 11) is 3.00. The summed E-state index contributed by atoms with van der Waals surface area (Å²) in [5, 5.41) is 10.1. The number of nitrogens with two attached hydrogens (primary N) is 1. The van der Waals surface area contributed by atoms with Gasteiger partial charge in [0.15, 0.2) is 11.5 Å². The molecule has 1 unspecified atom stereocenters. The van der Waals surface area contributed by atoms with Gasteiger partial charge in [-0.15, -0.1) is 0 Å². The summed E-state index contributed by atoms with van der Waals surface area (Å²) in [5.41, 5.74) is 6.16. The molecule has 0 spiro atoms. The van der Waals surface area contributed by atoms with Gasteiger partial charge >= 0.3 is 6.09 Å². The minimum atomic E-state index is -1.94. The molecule has 0 saturated heterocycles. The first-order valence-electron chi connectivity index (χ1n) is 11.2. The van der Waals surface area contributed by atoms with E-state index < -0.39 is 45.6 Å². The summed E-state index contributed by atoms with van der Waals surface area (Å²) in [6.45, 7) is 5.07. The number of nitrogen functional groups attached to an aromatic ring is 1. The van der Waals surface area contributed by atoms with Crippen LogP contribution < -0.4 is 10.5 Å². The maximum atomic E-state index is 14.2. The Hall–Kier alpha value is -3.61. The fourth-order valence-electron chi connectivity index (χ4n) is 3.36. The number of hydrogen-bond donors (Lipinski definition) is 2. The predicted octanol–water partition coefficient (Wildman–Crippen LogP) is 4.36. The maximum Gasteiger partial charge on any atom is 0.418 e. The molecule has 13 heteroatoms. The van der Waals surface area contributed by atoms with Gasteiger partial charge in [0.25, 0.3) is 5.91 Å². The van der Waals surface area contributed by atoms with Crippen molar-refractivity contribution in [1.82, 2.24) is 14.5 Å². The Morgan fingerprint density at radius 2 is 1.89 bits per heavy atom. The molecule has 1 atom stereocenters. The van der Waals surface area contributed by atoms with Crippen LogP contribution in [-0.2, 0) is 17.9 Å². The number of halogens is 2. The van der Waals surface area contributed by atoms with Gasteiger partial charge in [0.05, 0.1) is 12.1 Å². The first kappa shape index (κ1) is 29.0. The van der Waals surface area contributed by atoms with Gasteiger partial charge < -0.3 is 25.0 Å². The minimum Gasteiger partial charge on any atom is -0.591 e. The highest BCUT2D eigenvalue weighted by Crippen LogP contribution is 2.29. The van der Waals surface area contributed by atoms with E-state index in [0.717, 1.165) is 17.7 Å². The van der Waals surface area contributed by atoms with E-state index in [0.29, 0.717) is 10.3 Å². The fraction of sp³-hybridized carbons (Fsp3) is 0.280. The number of nitrogens with zero attached hydrogens (tertiary/aromatic N) is 4. The van der Waals surface area contributed by atoms with Crippen molar-refractivity contribution in [2.45, 2.75) is 32.1 Å². The summed E-state index contributed by atoms with van der Waals surface area (Å²) in [6, 6.07) is 10.3. The van der Waals surface area contributed by atoms with E-state index in [4.69, 9.17) is 22.1 Å².